The molecule has 2 heterocycles. The van der Waals surface area contributed by atoms with E-state index >= 15 is 0 Å². The van der Waals surface area contributed by atoms with Crippen LogP contribution in [0.3, 0.4) is 0 Å². The largest absolute Gasteiger partial charge is 0.399 e. The number of nitrogens with one attached hydrogen (secondary N) is 1. The predicted octanol–water partition coefficient (Wildman–Crippen LogP) is 1.81. The van der Waals surface area contributed by atoms with Gasteiger partial charge in [0.15, 0.2) is 0 Å². The molecule has 0 spiro atoms. The van der Waals surface area contributed by atoms with Gasteiger partial charge >= 0.3 is 0 Å². The van der Waals surface area contributed by atoms with Crippen LogP contribution in [0.5, 0.6) is 0 Å². The van der Waals surface area contributed by atoms with Crippen LogP contribution in [0.4, 0.5) is 0 Å². The number of nitrogens with two attached hydrogens (primary N) is 1. The van der Waals surface area contributed by atoms with Gasteiger partial charge in [-0.3, -0.25) is 4.79 Å². The molecular formula is C15H15N3O. The van der Waals surface area contributed by atoms with Crippen LogP contribution < -0.4 is 11.1 Å². The molecule has 0 saturated heterocycles. The third-order valence-corrected chi connectivity index (χ3v) is 3.45. The smallest absolute Gasteiger partial charge is 0.256 e. The van der Waals surface area contributed by atoms with Crippen molar-refractivity contribution in [2.45, 2.75) is 19.4 Å². The highest BCUT2D eigenvalue weighted by Gasteiger charge is 2.37. The fourth-order valence-electron chi connectivity index (χ4n) is 2.31. The van der Waals surface area contributed by atoms with Crippen LogP contribution in [0.25, 0.3) is 16.5 Å². The number of fused-ring (bicyclic) bond motifs is 1. The number of para-hydroxylation sites is 1. The summed E-state index contributed by atoms with van der Waals surface area (Å²) in [5.74, 6) is -0.162. The van der Waals surface area contributed by atoms with Gasteiger partial charge in [-0.05, 0) is 26.0 Å². The molecule has 0 radical (unpaired) electrons. The lowest BCUT2D eigenvalue weighted by Crippen LogP contribution is -2.40. The van der Waals surface area contributed by atoms with E-state index in [-0.39, 0.29) is 5.91 Å². The summed E-state index contributed by atoms with van der Waals surface area (Å²) >= 11 is 0. The summed E-state index contributed by atoms with van der Waals surface area (Å²) in [5.41, 5.74) is 8.07. The van der Waals surface area contributed by atoms with Crippen LogP contribution in [-0.2, 0) is 4.79 Å². The molecule has 0 unspecified atom stereocenters. The number of rotatable bonds is 1. The molecule has 1 aromatic carbocycles. The first kappa shape index (κ1) is 11.7. The van der Waals surface area contributed by atoms with E-state index in [9.17, 15) is 4.79 Å². The first-order valence-corrected chi connectivity index (χ1v) is 6.18. The molecule has 0 bridgehead atoms. The number of hydrogen-bond donors (Lipinski definition) is 2. The fraction of sp³-hybridized carbons (Fsp3) is 0.200. The number of carbonyl (C=O) groups excluding carboxylic acids is 1. The Morgan fingerprint density at radius 3 is 2.58 bits per heavy atom. The molecule has 3 N–H and O–H groups in total. The molecule has 4 heteroatoms. The zero-order chi connectivity index (χ0) is 13.6. The van der Waals surface area contributed by atoms with Crippen LogP contribution in [-0.4, -0.2) is 16.4 Å². The minimum atomic E-state index is -0.514. The van der Waals surface area contributed by atoms with Crippen molar-refractivity contribution in [2.24, 2.45) is 5.73 Å². The van der Waals surface area contributed by atoms with Gasteiger partial charge in [0.25, 0.3) is 5.91 Å². The Labute approximate surface area is 111 Å². The Balaban J connectivity index is 2.20. The van der Waals surface area contributed by atoms with Gasteiger partial charge in [0.1, 0.15) is 0 Å². The van der Waals surface area contributed by atoms with E-state index in [1.54, 1.807) is 0 Å². The zero-order valence-electron chi connectivity index (χ0n) is 10.9. The van der Waals surface area contributed by atoms with Gasteiger partial charge in [-0.2, -0.15) is 0 Å². The first-order valence-electron chi connectivity index (χ1n) is 6.18. The molecule has 1 aliphatic heterocycles. The van der Waals surface area contributed by atoms with E-state index < -0.39 is 5.54 Å². The summed E-state index contributed by atoms with van der Waals surface area (Å²) in [7, 11) is 0. The lowest BCUT2D eigenvalue weighted by molar-refractivity contribution is -0.115. The number of benzene rings is 1. The van der Waals surface area contributed by atoms with Crippen molar-refractivity contribution in [2.75, 3.05) is 0 Å². The quantitative estimate of drug-likeness (QED) is 0.814. The van der Waals surface area contributed by atoms with Crippen molar-refractivity contribution in [3.05, 3.63) is 47.8 Å². The van der Waals surface area contributed by atoms with Crippen LogP contribution in [0.15, 0.2) is 42.1 Å². The minimum absolute atomic E-state index is 0.162. The molecule has 4 nitrogen and oxygen atoms in total. The van der Waals surface area contributed by atoms with Gasteiger partial charge in [-0.25, -0.2) is 4.98 Å². The molecule has 19 heavy (non-hydrogen) atoms. The van der Waals surface area contributed by atoms with Crippen molar-refractivity contribution >= 4 is 22.4 Å². The summed E-state index contributed by atoms with van der Waals surface area (Å²) in [5, 5.41) is 3.91. The Morgan fingerprint density at radius 1 is 1.16 bits per heavy atom. The number of nitrogens with zero attached hydrogens (tertiary/aromatic N) is 1. The van der Waals surface area contributed by atoms with Gasteiger partial charge < -0.3 is 11.1 Å². The maximum atomic E-state index is 12.0. The average molecular weight is 253 g/mol. The molecule has 3 rings (SSSR count). The third-order valence-electron chi connectivity index (χ3n) is 3.45. The highest BCUT2D eigenvalue weighted by atomic mass is 16.2. The number of carbonyl (C=O) groups is 1. The van der Waals surface area contributed by atoms with Gasteiger partial charge in [0.05, 0.1) is 22.3 Å². The lowest BCUT2D eigenvalue weighted by atomic mass is 10.00. The summed E-state index contributed by atoms with van der Waals surface area (Å²) < 4.78 is 0. The topological polar surface area (TPSA) is 68.0 Å². The third kappa shape index (κ3) is 1.76. The number of aromatic nitrogens is 1. The van der Waals surface area contributed by atoms with Crippen molar-refractivity contribution in [3.63, 3.8) is 0 Å². The van der Waals surface area contributed by atoms with Crippen molar-refractivity contribution in [1.82, 2.24) is 10.3 Å². The van der Waals surface area contributed by atoms with Gasteiger partial charge in [-0.15, -0.1) is 0 Å². The average Bonchev–Trinajstić information content (AvgIpc) is 2.58. The second-order valence-corrected chi connectivity index (χ2v) is 5.26. The summed E-state index contributed by atoms with van der Waals surface area (Å²) in [6, 6.07) is 11.6. The van der Waals surface area contributed by atoms with Crippen molar-refractivity contribution in [1.29, 1.82) is 0 Å². The van der Waals surface area contributed by atoms with Crippen LogP contribution >= 0.6 is 0 Å². The fourth-order valence-corrected chi connectivity index (χ4v) is 2.31. The lowest BCUT2D eigenvalue weighted by Gasteiger charge is -2.19. The van der Waals surface area contributed by atoms with E-state index in [2.05, 4.69) is 10.3 Å². The molecular weight excluding hydrogens is 238 g/mol. The second-order valence-electron chi connectivity index (χ2n) is 5.26. The molecule has 0 fully saturated rings. The van der Waals surface area contributed by atoms with Crippen molar-refractivity contribution in [3.8, 4) is 0 Å². The van der Waals surface area contributed by atoms with Crippen molar-refractivity contribution < 1.29 is 4.79 Å². The first-order chi connectivity index (χ1) is 8.99. The highest BCUT2D eigenvalue weighted by Crippen LogP contribution is 2.29. The molecule has 0 atom stereocenters. The van der Waals surface area contributed by atoms with E-state index in [1.165, 1.54) is 0 Å². The highest BCUT2D eigenvalue weighted by molar-refractivity contribution is 6.23. The maximum Gasteiger partial charge on any atom is 0.256 e. The number of amides is 1. The van der Waals surface area contributed by atoms with Crippen LogP contribution in [0.2, 0.25) is 0 Å². The molecule has 1 aliphatic rings. The molecule has 96 valence electrons. The predicted molar refractivity (Wildman–Crippen MR) is 75.1 cm³/mol. The van der Waals surface area contributed by atoms with Gasteiger partial charge in [0.2, 0.25) is 0 Å². The Hall–Kier alpha value is -2.36. The minimum Gasteiger partial charge on any atom is -0.399 e. The summed E-state index contributed by atoms with van der Waals surface area (Å²) in [6.45, 7) is 3.77. The molecule has 1 aromatic heterocycles. The van der Waals surface area contributed by atoms with Gasteiger partial charge in [0, 0.05) is 11.1 Å². The Kier molecular flexibility index (Phi) is 2.35. The zero-order valence-corrected chi connectivity index (χ0v) is 10.9. The summed E-state index contributed by atoms with van der Waals surface area (Å²) in [6.07, 6.45) is 0. The standard InChI is InChI=1S/C15H15N3O/c1-15(2)13(16)12(14(19)18-15)11-8-7-9-5-3-4-6-10(9)17-11/h3-8H,16H2,1-2H3,(H,18,19). The SMILES string of the molecule is CC1(C)NC(=O)C(c2ccc3ccccc3n2)=C1N. The van der Waals surface area contributed by atoms with E-state index in [4.69, 9.17) is 5.73 Å². The Bertz CT molecular complexity index is 716. The Morgan fingerprint density at radius 2 is 1.89 bits per heavy atom. The van der Waals surface area contributed by atoms with Crippen LogP contribution in [0.1, 0.15) is 19.5 Å². The second kappa shape index (κ2) is 3.82. The molecule has 0 aliphatic carbocycles. The van der Waals surface area contributed by atoms with Crippen LogP contribution in [0, 0.1) is 0 Å². The van der Waals surface area contributed by atoms with Gasteiger partial charge in [-0.1, -0.05) is 24.3 Å². The number of hydrogen-bond acceptors (Lipinski definition) is 3. The van der Waals surface area contributed by atoms with E-state index in [0.717, 1.165) is 10.9 Å². The normalized spacial score (nSPS) is 17.9. The maximum absolute atomic E-state index is 12.0. The molecule has 2 aromatic rings. The monoisotopic (exact) mass is 253 g/mol. The summed E-state index contributed by atoms with van der Waals surface area (Å²) in [4.78, 5) is 16.6. The number of pyridine rings is 1. The van der Waals surface area contributed by atoms with E-state index in [1.807, 2.05) is 50.2 Å². The molecule has 0 saturated carbocycles. The van der Waals surface area contributed by atoms with E-state index in [0.29, 0.717) is 17.0 Å². The molecule has 1 amide bonds.